The lowest BCUT2D eigenvalue weighted by molar-refractivity contribution is -0.146. The van der Waals surface area contributed by atoms with Crippen LogP contribution in [-0.2, 0) is 9.59 Å². The summed E-state index contributed by atoms with van der Waals surface area (Å²) in [5.74, 6) is -0.735. The van der Waals surface area contributed by atoms with E-state index in [4.69, 9.17) is 0 Å². The number of carbonyl (C=O) groups is 2. The first-order valence-electron chi connectivity index (χ1n) is 7.28. The molecule has 2 fully saturated rings. The van der Waals surface area contributed by atoms with E-state index in [1.807, 2.05) is 0 Å². The van der Waals surface area contributed by atoms with Gasteiger partial charge in [-0.3, -0.25) is 9.59 Å². The first kappa shape index (κ1) is 14.3. The van der Waals surface area contributed by atoms with Crippen molar-refractivity contribution in [2.24, 2.45) is 0 Å². The number of aliphatic carboxylic acids is 1. The quantitative estimate of drug-likeness (QED) is 0.808. The second-order valence-electron chi connectivity index (χ2n) is 5.90. The van der Waals surface area contributed by atoms with Crippen molar-refractivity contribution in [3.05, 3.63) is 0 Å². The maximum absolute atomic E-state index is 12.5. The lowest BCUT2D eigenvalue weighted by atomic mass is 9.77. The SMILES string of the molecule is CN(C(=O)[C@H]1CCCN1)C1(CC(=O)O)CCCCC1. The Morgan fingerprint density at radius 3 is 2.47 bits per heavy atom. The second kappa shape index (κ2) is 5.90. The van der Waals surface area contributed by atoms with Crippen LogP contribution in [-0.4, -0.2) is 47.1 Å². The summed E-state index contributed by atoms with van der Waals surface area (Å²) < 4.78 is 0. The number of nitrogens with zero attached hydrogens (tertiary/aromatic N) is 1. The molecule has 1 saturated heterocycles. The van der Waals surface area contributed by atoms with Crippen molar-refractivity contribution >= 4 is 11.9 Å². The molecular formula is C14H24N2O3. The van der Waals surface area contributed by atoms with Crippen LogP contribution in [0.1, 0.15) is 51.4 Å². The Balaban J connectivity index is 2.11. The lowest BCUT2D eigenvalue weighted by Crippen LogP contribution is -2.56. The Kier molecular flexibility index (Phi) is 4.45. The van der Waals surface area contributed by atoms with E-state index in [0.717, 1.165) is 51.5 Å². The van der Waals surface area contributed by atoms with Crippen molar-refractivity contribution in [1.29, 1.82) is 0 Å². The number of carbonyl (C=O) groups excluding carboxylic acids is 1. The minimum absolute atomic E-state index is 0.0700. The van der Waals surface area contributed by atoms with E-state index < -0.39 is 11.5 Å². The van der Waals surface area contributed by atoms with Crippen molar-refractivity contribution in [1.82, 2.24) is 10.2 Å². The Hall–Kier alpha value is -1.10. The van der Waals surface area contributed by atoms with Crippen molar-refractivity contribution in [3.8, 4) is 0 Å². The minimum Gasteiger partial charge on any atom is -0.481 e. The maximum atomic E-state index is 12.5. The average Bonchev–Trinajstić information content (AvgIpc) is 2.91. The Morgan fingerprint density at radius 1 is 1.26 bits per heavy atom. The molecule has 2 N–H and O–H groups in total. The fourth-order valence-corrected chi connectivity index (χ4v) is 3.48. The fraction of sp³-hybridized carbons (Fsp3) is 0.857. The van der Waals surface area contributed by atoms with E-state index in [0.29, 0.717) is 0 Å². The van der Waals surface area contributed by atoms with Crippen LogP contribution in [0.3, 0.4) is 0 Å². The summed E-state index contributed by atoms with van der Waals surface area (Å²) in [6.45, 7) is 0.885. The van der Waals surface area contributed by atoms with Crippen LogP contribution in [0.25, 0.3) is 0 Å². The monoisotopic (exact) mass is 268 g/mol. The smallest absolute Gasteiger partial charge is 0.305 e. The number of carboxylic acids is 1. The number of hydrogen-bond acceptors (Lipinski definition) is 3. The zero-order valence-electron chi connectivity index (χ0n) is 11.7. The number of hydrogen-bond donors (Lipinski definition) is 2. The van der Waals surface area contributed by atoms with E-state index in [1.165, 1.54) is 0 Å². The maximum Gasteiger partial charge on any atom is 0.305 e. The molecule has 1 aliphatic heterocycles. The van der Waals surface area contributed by atoms with Gasteiger partial charge in [0.15, 0.2) is 0 Å². The molecule has 0 spiro atoms. The summed E-state index contributed by atoms with van der Waals surface area (Å²) in [6, 6.07) is -0.113. The van der Waals surface area contributed by atoms with Gasteiger partial charge in [0.2, 0.25) is 5.91 Å². The Labute approximate surface area is 114 Å². The van der Waals surface area contributed by atoms with Gasteiger partial charge >= 0.3 is 5.97 Å². The second-order valence-corrected chi connectivity index (χ2v) is 5.90. The van der Waals surface area contributed by atoms with Crippen molar-refractivity contribution < 1.29 is 14.7 Å². The summed E-state index contributed by atoms with van der Waals surface area (Å²) >= 11 is 0. The predicted molar refractivity (Wildman–Crippen MR) is 71.9 cm³/mol. The Morgan fingerprint density at radius 2 is 1.95 bits per heavy atom. The van der Waals surface area contributed by atoms with Gasteiger partial charge in [0.25, 0.3) is 0 Å². The van der Waals surface area contributed by atoms with Gasteiger partial charge in [-0.15, -0.1) is 0 Å². The fourth-order valence-electron chi connectivity index (χ4n) is 3.48. The van der Waals surface area contributed by atoms with Crippen LogP contribution < -0.4 is 5.32 Å². The van der Waals surface area contributed by atoms with Crippen LogP contribution in [0.4, 0.5) is 0 Å². The molecular weight excluding hydrogens is 244 g/mol. The van der Waals surface area contributed by atoms with E-state index in [-0.39, 0.29) is 18.4 Å². The molecule has 5 nitrogen and oxygen atoms in total. The van der Waals surface area contributed by atoms with Gasteiger partial charge in [-0.05, 0) is 32.2 Å². The molecule has 0 bridgehead atoms. The molecule has 108 valence electrons. The van der Waals surface area contributed by atoms with Gasteiger partial charge in [0.1, 0.15) is 0 Å². The predicted octanol–water partition coefficient (Wildman–Crippen LogP) is 1.37. The topological polar surface area (TPSA) is 69.6 Å². The van der Waals surface area contributed by atoms with Crippen LogP contribution in [0.5, 0.6) is 0 Å². The van der Waals surface area contributed by atoms with Crippen LogP contribution >= 0.6 is 0 Å². The van der Waals surface area contributed by atoms with Crippen molar-refractivity contribution in [3.63, 3.8) is 0 Å². The summed E-state index contributed by atoms with van der Waals surface area (Å²) in [6.07, 6.45) is 6.77. The van der Waals surface area contributed by atoms with Crippen LogP contribution in [0, 0.1) is 0 Å². The summed E-state index contributed by atoms with van der Waals surface area (Å²) in [5, 5.41) is 12.4. The van der Waals surface area contributed by atoms with E-state index >= 15 is 0 Å². The molecule has 19 heavy (non-hydrogen) atoms. The molecule has 2 rings (SSSR count). The first-order valence-corrected chi connectivity index (χ1v) is 7.28. The molecule has 0 radical (unpaired) electrons. The molecule has 0 unspecified atom stereocenters. The van der Waals surface area contributed by atoms with Gasteiger partial charge in [0.05, 0.1) is 18.0 Å². The van der Waals surface area contributed by atoms with Crippen LogP contribution in [0.15, 0.2) is 0 Å². The highest BCUT2D eigenvalue weighted by Gasteiger charge is 2.42. The zero-order chi connectivity index (χ0) is 13.9. The molecule has 5 heteroatoms. The largest absolute Gasteiger partial charge is 0.481 e. The van der Waals surface area contributed by atoms with Crippen molar-refractivity contribution in [2.75, 3.05) is 13.6 Å². The number of rotatable bonds is 4. The molecule has 1 heterocycles. The number of nitrogens with one attached hydrogen (secondary N) is 1. The normalized spacial score (nSPS) is 26.1. The Bertz CT molecular complexity index is 345. The zero-order valence-corrected chi connectivity index (χ0v) is 11.7. The highest BCUT2D eigenvalue weighted by molar-refractivity contribution is 5.83. The van der Waals surface area contributed by atoms with Gasteiger partial charge in [-0.1, -0.05) is 19.3 Å². The first-order chi connectivity index (χ1) is 9.05. The number of likely N-dealkylation sites (N-methyl/N-ethyl adjacent to an activating group) is 1. The van der Waals surface area contributed by atoms with Gasteiger partial charge in [-0.2, -0.15) is 0 Å². The van der Waals surface area contributed by atoms with Gasteiger partial charge in [-0.25, -0.2) is 0 Å². The lowest BCUT2D eigenvalue weighted by Gasteiger charge is -2.44. The molecule has 1 atom stereocenters. The molecule has 1 amide bonds. The van der Waals surface area contributed by atoms with E-state index in [2.05, 4.69) is 5.32 Å². The molecule has 1 aliphatic carbocycles. The van der Waals surface area contributed by atoms with Crippen LogP contribution in [0.2, 0.25) is 0 Å². The summed E-state index contributed by atoms with van der Waals surface area (Å²) in [5.41, 5.74) is -0.467. The number of carboxylic acid groups (broad SMARTS) is 1. The van der Waals surface area contributed by atoms with E-state index in [9.17, 15) is 14.7 Å². The standard InChI is InChI=1S/C14H24N2O3/c1-16(13(19)11-6-5-9-15-11)14(10-12(17)18)7-3-2-4-8-14/h11,15H,2-10H2,1H3,(H,17,18)/t11-/m1/s1. The van der Waals surface area contributed by atoms with E-state index in [1.54, 1.807) is 11.9 Å². The average molecular weight is 268 g/mol. The molecule has 0 aromatic heterocycles. The molecule has 1 saturated carbocycles. The highest BCUT2D eigenvalue weighted by Crippen LogP contribution is 2.36. The highest BCUT2D eigenvalue weighted by atomic mass is 16.4. The summed E-state index contributed by atoms with van der Waals surface area (Å²) in [7, 11) is 1.79. The van der Waals surface area contributed by atoms with Gasteiger partial charge < -0.3 is 15.3 Å². The third kappa shape index (κ3) is 3.08. The molecule has 2 aliphatic rings. The number of amides is 1. The minimum atomic E-state index is -0.805. The third-order valence-electron chi connectivity index (χ3n) is 4.67. The van der Waals surface area contributed by atoms with Gasteiger partial charge in [0, 0.05) is 7.05 Å². The summed E-state index contributed by atoms with van der Waals surface area (Å²) in [4.78, 5) is 25.4. The molecule has 0 aromatic rings. The third-order valence-corrected chi connectivity index (χ3v) is 4.67. The molecule has 0 aromatic carbocycles. The van der Waals surface area contributed by atoms with Crippen molar-refractivity contribution in [2.45, 2.75) is 62.9 Å².